The van der Waals surface area contributed by atoms with E-state index in [0.717, 1.165) is 12.0 Å². The predicted molar refractivity (Wildman–Crippen MR) is 126 cm³/mol. The maximum absolute atomic E-state index is 13.4. The highest BCUT2D eigenvalue weighted by atomic mass is 35.5. The quantitative estimate of drug-likeness (QED) is 0.501. The molecular weight excluding hydrogens is 452 g/mol. The zero-order chi connectivity index (χ0) is 22.9. The van der Waals surface area contributed by atoms with Gasteiger partial charge in [-0.05, 0) is 47.7 Å². The molecule has 7 nitrogen and oxygen atoms in total. The van der Waals surface area contributed by atoms with Gasteiger partial charge in [-0.15, -0.1) is 11.3 Å². The van der Waals surface area contributed by atoms with Gasteiger partial charge >= 0.3 is 0 Å². The highest BCUT2D eigenvalue weighted by Crippen LogP contribution is 2.34. The van der Waals surface area contributed by atoms with E-state index in [1.54, 1.807) is 37.7 Å². The van der Waals surface area contributed by atoms with E-state index >= 15 is 0 Å². The van der Waals surface area contributed by atoms with E-state index in [1.807, 2.05) is 21.9 Å². The fraction of sp³-hybridized carbons (Fsp3) is 0.522. The van der Waals surface area contributed by atoms with E-state index in [1.165, 1.54) is 4.88 Å². The molecule has 1 aromatic carbocycles. The van der Waals surface area contributed by atoms with Crippen molar-refractivity contribution in [3.8, 4) is 5.75 Å². The number of thiophene rings is 1. The lowest BCUT2D eigenvalue weighted by atomic mass is 10.0. The summed E-state index contributed by atoms with van der Waals surface area (Å²) in [6.45, 7) is 2.78. The lowest BCUT2D eigenvalue weighted by Crippen LogP contribution is -2.48. The summed E-state index contributed by atoms with van der Waals surface area (Å²) in [6, 6.07) is 9.15. The van der Waals surface area contributed by atoms with Crippen LogP contribution in [0.1, 0.15) is 16.5 Å². The lowest BCUT2D eigenvalue weighted by molar-refractivity contribution is -0.136. The van der Waals surface area contributed by atoms with Crippen molar-refractivity contribution < 1.29 is 24.1 Å². The van der Waals surface area contributed by atoms with E-state index < -0.39 is 6.10 Å². The molecule has 1 N–H and O–H groups in total. The molecule has 2 atom stereocenters. The fourth-order valence-electron chi connectivity index (χ4n) is 3.86. The first kappa shape index (κ1) is 25.0. The smallest absolute Gasteiger partial charge is 0.237 e. The summed E-state index contributed by atoms with van der Waals surface area (Å²) in [6.07, 6.45) is 0.166. The Balaban J connectivity index is 1.70. The number of carbonyl (C=O) groups excluding carboxylic acids is 1. The van der Waals surface area contributed by atoms with Gasteiger partial charge in [0.2, 0.25) is 5.91 Å². The number of rotatable bonds is 12. The number of carbonyl (C=O) groups is 1. The van der Waals surface area contributed by atoms with Gasteiger partial charge in [0.1, 0.15) is 12.4 Å². The first-order valence-corrected chi connectivity index (χ1v) is 11.9. The molecule has 0 radical (unpaired) electrons. The number of aliphatic hydroxyl groups is 1. The number of amides is 1. The third-order valence-corrected chi connectivity index (χ3v) is 6.68. The molecule has 1 amide bonds. The van der Waals surface area contributed by atoms with Gasteiger partial charge in [-0.3, -0.25) is 9.69 Å². The Morgan fingerprint density at radius 2 is 2.06 bits per heavy atom. The second-order valence-electron chi connectivity index (χ2n) is 7.75. The molecule has 0 aliphatic carbocycles. The SMILES string of the molecule is COCCN(CC(=O)N1CCc2sccc2C1COc1ccc(Cl)cc1)CC(O)COC. The normalized spacial score (nSPS) is 16.8. The summed E-state index contributed by atoms with van der Waals surface area (Å²) in [4.78, 5) is 18.5. The number of benzene rings is 1. The van der Waals surface area contributed by atoms with Crippen molar-refractivity contribution in [2.24, 2.45) is 0 Å². The van der Waals surface area contributed by atoms with E-state index in [0.29, 0.717) is 43.6 Å². The second-order valence-corrected chi connectivity index (χ2v) is 9.19. The number of nitrogens with zero attached hydrogens (tertiary/aromatic N) is 2. The van der Waals surface area contributed by atoms with Crippen LogP contribution < -0.4 is 4.74 Å². The number of hydrogen-bond acceptors (Lipinski definition) is 7. The Labute approximate surface area is 198 Å². The number of hydrogen-bond donors (Lipinski definition) is 1. The minimum atomic E-state index is -0.668. The van der Waals surface area contributed by atoms with Crippen LogP contribution in [0.3, 0.4) is 0 Å². The minimum Gasteiger partial charge on any atom is -0.491 e. The van der Waals surface area contributed by atoms with Crippen LogP contribution in [0.25, 0.3) is 0 Å². The Morgan fingerprint density at radius 1 is 1.28 bits per heavy atom. The number of fused-ring (bicyclic) bond motifs is 1. The first-order valence-electron chi connectivity index (χ1n) is 10.6. The van der Waals surface area contributed by atoms with E-state index in [9.17, 15) is 9.90 Å². The largest absolute Gasteiger partial charge is 0.491 e. The molecule has 32 heavy (non-hydrogen) atoms. The third-order valence-electron chi connectivity index (χ3n) is 5.44. The van der Waals surface area contributed by atoms with Crippen molar-refractivity contribution in [3.63, 3.8) is 0 Å². The Morgan fingerprint density at radius 3 is 2.78 bits per heavy atom. The third kappa shape index (κ3) is 6.91. The summed E-state index contributed by atoms with van der Waals surface area (Å²) in [5.41, 5.74) is 1.14. The second kappa shape index (κ2) is 12.5. The summed E-state index contributed by atoms with van der Waals surface area (Å²) in [7, 11) is 3.17. The molecule has 1 aliphatic heterocycles. The Kier molecular flexibility index (Phi) is 9.77. The van der Waals surface area contributed by atoms with E-state index in [4.69, 9.17) is 25.8 Å². The molecule has 0 fully saturated rings. The van der Waals surface area contributed by atoms with Crippen molar-refractivity contribution in [1.82, 2.24) is 9.80 Å². The van der Waals surface area contributed by atoms with Crippen LogP contribution in [0.2, 0.25) is 5.02 Å². The number of methoxy groups -OCH3 is 2. The van der Waals surface area contributed by atoms with Gasteiger partial charge in [-0.25, -0.2) is 0 Å². The minimum absolute atomic E-state index is 0.00674. The van der Waals surface area contributed by atoms with E-state index in [-0.39, 0.29) is 25.1 Å². The zero-order valence-electron chi connectivity index (χ0n) is 18.5. The molecule has 1 aliphatic rings. The molecular formula is C23H31ClN2O5S. The number of halogens is 1. The average Bonchev–Trinajstić information content (AvgIpc) is 3.26. The molecule has 0 saturated heterocycles. The zero-order valence-corrected chi connectivity index (χ0v) is 20.1. The molecule has 2 heterocycles. The number of aliphatic hydroxyl groups excluding tert-OH is 1. The summed E-state index contributed by atoms with van der Waals surface area (Å²) in [5, 5.41) is 12.9. The Bertz CT molecular complexity index is 847. The maximum atomic E-state index is 13.4. The molecule has 176 valence electrons. The van der Waals surface area contributed by atoms with E-state index in [2.05, 4.69) is 11.4 Å². The highest BCUT2D eigenvalue weighted by Gasteiger charge is 2.33. The van der Waals surface area contributed by atoms with Gasteiger partial charge < -0.3 is 24.2 Å². The van der Waals surface area contributed by atoms with Crippen LogP contribution in [0.5, 0.6) is 5.75 Å². The van der Waals surface area contributed by atoms with Gasteiger partial charge in [-0.2, -0.15) is 0 Å². The topological polar surface area (TPSA) is 71.5 Å². The molecule has 3 rings (SSSR count). The van der Waals surface area contributed by atoms with Crippen molar-refractivity contribution in [1.29, 1.82) is 0 Å². The van der Waals surface area contributed by atoms with Crippen molar-refractivity contribution in [3.05, 3.63) is 51.2 Å². The van der Waals surface area contributed by atoms with Crippen molar-refractivity contribution >= 4 is 28.8 Å². The summed E-state index contributed by atoms with van der Waals surface area (Å²) >= 11 is 7.69. The van der Waals surface area contributed by atoms with Gasteiger partial charge in [0.15, 0.2) is 0 Å². The average molecular weight is 483 g/mol. The standard InChI is InChI=1S/C23H31ClN2O5S/c1-29-11-10-25(13-18(27)15-30-2)14-23(28)26-9-7-22-20(8-12-32-22)21(26)16-31-19-5-3-17(24)4-6-19/h3-6,8,12,18,21,27H,7,9-11,13-16H2,1-2H3. The lowest BCUT2D eigenvalue weighted by Gasteiger charge is -2.37. The molecule has 2 aromatic rings. The molecule has 9 heteroatoms. The summed E-state index contributed by atoms with van der Waals surface area (Å²) < 4.78 is 16.3. The molecule has 2 unspecified atom stereocenters. The van der Waals surface area contributed by atoms with Crippen molar-refractivity contribution in [2.45, 2.75) is 18.6 Å². The van der Waals surface area contributed by atoms with Gasteiger partial charge in [0.25, 0.3) is 0 Å². The van der Waals surface area contributed by atoms with Crippen LogP contribution in [-0.4, -0.2) is 87.1 Å². The van der Waals surface area contributed by atoms with Crippen LogP contribution in [0, 0.1) is 0 Å². The van der Waals surface area contributed by atoms with Crippen LogP contribution >= 0.6 is 22.9 Å². The first-order chi connectivity index (χ1) is 15.5. The molecule has 0 saturated carbocycles. The Hall–Kier alpha value is -1.68. The molecule has 0 bridgehead atoms. The van der Waals surface area contributed by atoms with Gasteiger partial charge in [-0.1, -0.05) is 11.6 Å². The molecule has 0 spiro atoms. The van der Waals surface area contributed by atoms with Gasteiger partial charge in [0.05, 0.1) is 31.9 Å². The fourth-order valence-corrected chi connectivity index (χ4v) is 4.92. The highest BCUT2D eigenvalue weighted by molar-refractivity contribution is 7.10. The van der Waals surface area contributed by atoms with Crippen LogP contribution in [0.4, 0.5) is 0 Å². The van der Waals surface area contributed by atoms with Crippen LogP contribution in [0.15, 0.2) is 35.7 Å². The molecule has 1 aromatic heterocycles. The summed E-state index contributed by atoms with van der Waals surface area (Å²) in [5.74, 6) is 0.723. The van der Waals surface area contributed by atoms with Crippen molar-refractivity contribution in [2.75, 3.05) is 60.2 Å². The monoisotopic (exact) mass is 482 g/mol. The van der Waals surface area contributed by atoms with Gasteiger partial charge in [0, 0.05) is 43.8 Å². The number of ether oxygens (including phenoxy) is 3. The maximum Gasteiger partial charge on any atom is 0.237 e. The predicted octanol–water partition coefficient (Wildman–Crippen LogP) is 2.86. The van der Waals surface area contributed by atoms with Crippen LogP contribution in [-0.2, 0) is 20.7 Å².